The van der Waals surface area contributed by atoms with Crippen molar-refractivity contribution in [3.05, 3.63) is 105 Å². The van der Waals surface area contributed by atoms with Crippen LogP contribution >= 0.6 is 0 Å². The highest BCUT2D eigenvalue weighted by molar-refractivity contribution is 7.86. The standard InChI is InChI=1S/C51H62N6O9S2/c1-10-13-17-35(12-3)28-53-51(59)57-48-32(7)47(33(8)49(34(48)9)68(63,64)65)55-37-21-23-39-42(27-37)66-41-26-36(20-22-38(41)44(39)40-18-15-16-19-43(40)67(60,61)62)54-45-29(4)25-30(5)46(31(45)6)56-50(58)52-24-14-11-2/h15-16,18-23,25-27,35,54H,10-14,17,24,28H2,1-9H3,(H2,52,56,58)(H2,53,57,59)(H,60,61,62)(H,63,64,65)/b55-37+. The zero-order chi connectivity index (χ0) is 49.7. The minimum atomic E-state index is -4.80. The SMILES string of the molecule is CCCCNC(=O)Nc1c(C)cc(C)c(Nc2ccc3c(-c4ccccc4S(=O)(=O)O)c4cc/c(=N\c5c(C)c(NC(=O)NCC(CC)CCCC)c(C)c(S(=O)(=O)O)c5C)cc-4oc3c2)c1C. The van der Waals surface area contributed by atoms with Gasteiger partial charge in [-0.1, -0.05) is 70.7 Å². The number of benzene rings is 5. The van der Waals surface area contributed by atoms with E-state index in [0.717, 1.165) is 60.9 Å². The quantitative estimate of drug-likeness (QED) is 0.0260. The van der Waals surface area contributed by atoms with Gasteiger partial charge in [-0.15, -0.1) is 0 Å². The number of urea groups is 2. The smallest absolute Gasteiger partial charge is 0.319 e. The molecule has 1 aliphatic heterocycles. The van der Waals surface area contributed by atoms with Crippen molar-refractivity contribution < 1.29 is 39.9 Å². The van der Waals surface area contributed by atoms with Crippen molar-refractivity contribution in [2.45, 2.75) is 111 Å². The Balaban J connectivity index is 1.52. The third kappa shape index (κ3) is 11.3. The first kappa shape index (κ1) is 51.1. The lowest BCUT2D eigenvalue weighted by atomic mass is 9.93. The van der Waals surface area contributed by atoms with Crippen molar-refractivity contribution >= 4 is 71.7 Å². The van der Waals surface area contributed by atoms with E-state index in [9.17, 15) is 35.5 Å². The van der Waals surface area contributed by atoms with Gasteiger partial charge in [0.05, 0.1) is 22.4 Å². The average molecular weight is 967 g/mol. The Morgan fingerprint density at radius 1 is 0.691 bits per heavy atom. The van der Waals surface area contributed by atoms with Crippen molar-refractivity contribution in [3.63, 3.8) is 0 Å². The Hall–Kier alpha value is -6.27. The molecular weight excluding hydrogens is 905 g/mol. The number of hydrogen-bond acceptors (Lipinski definition) is 9. The molecule has 0 aromatic heterocycles. The van der Waals surface area contributed by atoms with Gasteiger partial charge in [0, 0.05) is 58.7 Å². The highest BCUT2D eigenvalue weighted by Crippen LogP contribution is 2.44. The summed E-state index contributed by atoms with van der Waals surface area (Å²) in [6.07, 6.45) is 5.71. The van der Waals surface area contributed by atoms with Crippen molar-refractivity contribution in [2.75, 3.05) is 29.0 Å². The number of aryl methyl sites for hydroxylation is 2. The summed E-state index contributed by atoms with van der Waals surface area (Å²) in [6, 6.07) is 17.6. The van der Waals surface area contributed by atoms with Gasteiger partial charge < -0.3 is 31.0 Å². The van der Waals surface area contributed by atoms with Crippen LogP contribution in [0.5, 0.6) is 0 Å². The van der Waals surface area contributed by atoms with Gasteiger partial charge in [-0.25, -0.2) is 14.6 Å². The lowest BCUT2D eigenvalue weighted by Crippen LogP contribution is -2.33. The average Bonchev–Trinajstić information content (AvgIpc) is 3.28. The molecule has 0 spiro atoms. The van der Waals surface area contributed by atoms with Gasteiger partial charge in [0.15, 0.2) is 0 Å². The molecule has 1 atom stereocenters. The second-order valence-corrected chi connectivity index (χ2v) is 20.1. The Kier molecular flexibility index (Phi) is 16.1. The molecule has 4 aromatic rings. The predicted molar refractivity (Wildman–Crippen MR) is 270 cm³/mol. The van der Waals surface area contributed by atoms with Crippen LogP contribution in [0.2, 0.25) is 0 Å². The van der Waals surface area contributed by atoms with E-state index in [1.807, 2.05) is 32.9 Å². The topological polar surface area (TPSA) is 229 Å². The second-order valence-electron chi connectivity index (χ2n) is 17.4. The normalized spacial score (nSPS) is 12.6. The molecule has 1 unspecified atom stereocenters. The minimum absolute atomic E-state index is 0.151. The first-order valence-electron chi connectivity index (χ1n) is 22.9. The zero-order valence-electron chi connectivity index (χ0n) is 40.1. The zero-order valence-corrected chi connectivity index (χ0v) is 41.7. The Morgan fingerprint density at radius 3 is 2.04 bits per heavy atom. The van der Waals surface area contributed by atoms with E-state index in [4.69, 9.17) is 9.41 Å². The summed E-state index contributed by atoms with van der Waals surface area (Å²) in [4.78, 5) is 30.3. The van der Waals surface area contributed by atoms with Gasteiger partial charge >= 0.3 is 12.1 Å². The molecule has 0 saturated carbocycles. The van der Waals surface area contributed by atoms with Crippen LogP contribution in [-0.4, -0.2) is 51.1 Å². The van der Waals surface area contributed by atoms with E-state index in [2.05, 4.69) is 47.4 Å². The number of nitrogens with one attached hydrogen (secondary N) is 5. The van der Waals surface area contributed by atoms with Crippen LogP contribution in [0.3, 0.4) is 0 Å². The van der Waals surface area contributed by atoms with E-state index >= 15 is 0 Å². The van der Waals surface area contributed by atoms with Gasteiger partial charge in [0.1, 0.15) is 21.1 Å². The molecule has 4 amide bonds. The van der Waals surface area contributed by atoms with Crippen LogP contribution in [-0.2, 0) is 20.2 Å². The van der Waals surface area contributed by atoms with Gasteiger partial charge in [0.25, 0.3) is 20.2 Å². The molecule has 68 heavy (non-hydrogen) atoms. The Morgan fingerprint density at radius 2 is 1.37 bits per heavy atom. The fourth-order valence-electron chi connectivity index (χ4n) is 8.86. The summed E-state index contributed by atoms with van der Waals surface area (Å²) >= 11 is 0. The number of anilines is 4. The third-order valence-electron chi connectivity index (χ3n) is 12.4. The number of unbranched alkanes of at least 4 members (excludes halogenated alkanes) is 2. The van der Waals surface area contributed by atoms with Gasteiger partial charge in [-0.05, 0) is 124 Å². The summed E-state index contributed by atoms with van der Waals surface area (Å²) in [5.41, 5.74) is 7.27. The molecule has 362 valence electrons. The third-order valence-corrected chi connectivity index (χ3v) is 14.4. The molecule has 0 bridgehead atoms. The first-order chi connectivity index (χ1) is 32.2. The van der Waals surface area contributed by atoms with E-state index < -0.39 is 26.3 Å². The molecule has 15 nitrogen and oxygen atoms in total. The summed E-state index contributed by atoms with van der Waals surface area (Å²) in [5.74, 6) is 0.538. The van der Waals surface area contributed by atoms with Crippen molar-refractivity contribution in [1.29, 1.82) is 0 Å². The maximum atomic E-state index is 13.3. The summed E-state index contributed by atoms with van der Waals surface area (Å²) in [6.45, 7) is 17.8. The number of fused-ring (bicyclic) bond motifs is 2. The molecular formula is C51H62N6O9S2. The molecule has 17 heteroatoms. The maximum absolute atomic E-state index is 13.3. The van der Waals surface area contributed by atoms with Crippen molar-refractivity contribution in [3.8, 4) is 22.5 Å². The molecule has 4 aromatic carbocycles. The highest BCUT2D eigenvalue weighted by atomic mass is 32.2. The molecule has 7 N–H and O–H groups in total. The Bertz CT molecular complexity index is 3170. The lowest BCUT2D eigenvalue weighted by Gasteiger charge is -2.21. The predicted octanol–water partition coefficient (Wildman–Crippen LogP) is 11.8. The number of nitrogens with zero attached hydrogens (tertiary/aromatic N) is 1. The molecule has 0 fully saturated rings. The summed E-state index contributed by atoms with van der Waals surface area (Å²) in [5, 5.41) is 16.0. The number of rotatable bonds is 17. The molecule has 2 aliphatic rings. The van der Waals surface area contributed by atoms with Crippen LogP contribution in [0, 0.1) is 47.5 Å². The van der Waals surface area contributed by atoms with Crippen LogP contribution in [0.4, 0.5) is 38.0 Å². The largest absolute Gasteiger partial charge is 0.456 e. The maximum Gasteiger partial charge on any atom is 0.319 e. The lowest BCUT2D eigenvalue weighted by molar-refractivity contribution is 0.249. The number of carbonyl (C=O) groups is 2. The molecule has 1 aliphatic carbocycles. The van der Waals surface area contributed by atoms with E-state index in [1.165, 1.54) is 26.0 Å². The van der Waals surface area contributed by atoms with Crippen molar-refractivity contribution in [2.24, 2.45) is 10.9 Å². The first-order valence-corrected chi connectivity index (χ1v) is 25.8. The fraction of sp³-hybridized carbons (Fsp3) is 0.353. The minimum Gasteiger partial charge on any atom is -0.456 e. The monoisotopic (exact) mass is 966 g/mol. The van der Waals surface area contributed by atoms with Crippen LogP contribution in [0.1, 0.15) is 92.7 Å². The number of amides is 4. The van der Waals surface area contributed by atoms with Crippen LogP contribution in [0.15, 0.2) is 85.9 Å². The van der Waals surface area contributed by atoms with Crippen molar-refractivity contribution in [1.82, 2.24) is 10.6 Å². The molecule has 6 rings (SSSR count). The van der Waals surface area contributed by atoms with Gasteiger partial charge in [-0.3, -0.25) is 9.11 Å². The molecule has 1 heterocycles. The van der Waals surface area contributed by atoms with E-state index in [-0.39, 0.29) is 55.6 Å². The van der Waals surface area contributed by atoms with Crippen LogP contribution in [0.25, 0.3) is 33.4 Å². The number of hydrogen-bond donors (Lipinski definition) is 7. The van der Waals surface area contributed by atoms with Gasteiger partial charge in [0.2, 0.25) is 0 Å². The van der Waals surface area contributed by atoms with E-state index in [1.54, 1.807) is 49.4 Å². The second kappa shape index (κ2) is 21.4. The van der Waals surface area contributed by atoms with E-state index in [0.29, 0.717) is 57.5 Å². The Labute approximate surface area is 399 Å². The summed E-state index contributed by atoms with van der Waals surface area (Å²) in [7, 11) is -9.50. The van der Waals surface area contributed by atoms with Crippen LogP contribution < -0.4 is 31.9 Å². The summed E-state index contributed by atoms with van der Waals surface area (Å²) < 4.78 is 79.1. The van der Waals surface area contributed by atoms with Gasteiger partial charge in [-0.2, -0.15) is 16.8 Å². The number of carbonyl (C=O) groups excluding carboxylic acids is 2. The highest BCUT2D eigenvalue weighted by Gasteiger charge is 2.27. The molecule has 0 saturated heterocycles. The molecule has 0 radical (unpaired) electrons. The fourth-order valence-corrected chi connectivity index (χ4v) is 10.5.